The van der Waals surface area contributed by atoms with E-state index in [0.29, 0.717) is 12.3 Å². The van der Waals surface area contributed by atoms with Crippen molar-refractivity contribution in [2.24, 2.45) is 0 Å². The summed E-state index contributed by atoms with van der Waals surface area (Å²) in [6.45, 7) is 4.57. The minimum absolute atomic E-state index is 0.133. The van der Waals surface area contributed by atoms with Crippen LogP contribution in [0.15, 0.2) is 42.5 Å². The molecule has 1 atom stereocenters. The molecule has 3 heteroatoms. The molecular weight excluding hydrogens is 258 g/mol. The molecule has 0 aromatic heterocycles. The van der Waals surface area contributed by atoms with E-state index in [1.165, 1.54) is 0 Å². The summed E-state index contributed by atoms with van der Waals surface area (Å²) in [5.41, 5.74) is 2.86. The van der Waals surface area contributed by atoms with Gasteiger partial charge in [-0.05, 0) is 31.0 Å². The molecule has 2 rings (SSSR count). The number of aromatic hydroxyl groups is 1. The topological polar surface area (TPSA) is 32.3 Å². The molecule has 2 aromatic rings. The van der Waals surface area contributed by atoms with Gasteiger partial charge < -0.3 is 10.4 Å². The molecule has 0 heterocycles. The highest BCUT2D eigenvalue weighted by atomic mass is 35.5. The molecule has 0 unspecified atom stereocenters. The van der Waals surface area contributed by atoms with E-state index >= 15 is 0 Å². The molecule has 2 nitrogen and oxygen atoms in total. The number of hydrogen-bond acceptors (Lipinski definition) is 2. The van der Waals surface area contributed by atoms with Crippen molar-refractivity contribution in [2.45, 2.75) is 26.4 Å². The van der Waals surface area contributed by atoms with E-state index in [-0.39, 0.29) is 6.04 Å². The van der Waals surface area contributed by atoms with Crippen molar-refractivity contribution in [3.8, 4) is 5.75 Å². The SMILES string of the molecule is Cc1cccc(CN[C@H](C)c2ccccc2Cl)c1O. The average Bonchev–Trinajstić information content (AvgIpc) is 2.40. The first-order valence-corrected chi connectivity index (χ1v) is 6.72. The summed E-state index contributed by atoms with van der Waals surface area (Å²) < 4.78 is 0. The van der Waals surface area contributed by atoms with Gasteiger partial charge in [-0.25, -0.2) is 0 Å². The first-order chi connectivity index (χ1) is 9.09. The van der Waals surface area contributed by atoms with E-state index in [2.05, 4.69) is 12.2 Å². The maximum Gasteiger partial charge on any atom is 0.122 e. The van der Waals surface area contributed by atoms with Crippen LogP contribution in [0.1, 0.15) is 29.7 Å². The number of phenols is 1. The molecule has 0 aliphatic rings. The van der Waals surface area contributed by atoms with Crippen LogP contribution in [-0.4, -0.2) is 5.11 Å². The van der Waals surface area contributed by atoms with Gasteiger partial charge in [0.25, 0.3) is 0 Å². The third-order valence-corrected chi connectivity index (χ3v) is 3.64. The Labute approximate surface area is 119 Å². The number of aryl methyl sites for hydroxylation is 1. The molecule has 2 N–H and O–H groups in total. The van der Waals surface area contributed by atoms with Crippen LogP contribution in [0.2, 0.25) is 5.02 Å². The normalized spacial score (nSPS) is 12.4. The third-order valence-electron chi connectivity index (χ3n) is 3.29. The van der Waals surface area contributed by atoms with Gasteiger partial charge in [0, 0.05) is 23.2 Å². The van der Waals surface area contributed by atoms with Gasteiger partial charge in [-0.3, -0.25) is 0 Å². The molecule has 0 bridgehead atoms. The van der Waals surface area contributed by atoms with Crippen molar-refractivity contribution in [1.82, 2.24) is 5.32 Å². The Morgan fingerprint density at radius 1 is 1.16 bits per heavy atom. The lowest BCUT2D eigenvalue weighted by Crippen LogP contribution is -2.18. The Hall–Kier alpha value is -1.51. The van der Waals surface area contributed by atoms with E-state index in [1.807, 2.05) is 49.4 Å². The van der Waals surface area contributed by atoms with Gasteiger partial charge in [0.05, 0.1) is 0 Å². The van der Waals surface area contributed by atoms with Crippen LogP contribution < -0.4 is 5.32 Å². The Kier molecular flexibility index (Phi) is 4.46. The van der Waals surface area contributed by atoms with Crippen LogP contribution in [0, 0.1) is 6.92 Å². The third kappa shape index (κ3) is 3.28. The van der Waals surface area contributed by atoms with Gasteiger partial charge in [-0.1, -0.05) is 48.0 Å². The Morgan fingerprint density at radius 3 is 2.63 bits per heavy atom. The van der Waals surface area contributed by atoms with Crippen LogP contribution in [-0.2, 0) is 6.54 Å². The van der Waals surface area contributed by atoms with Gasteiger partial charge in [0.1, 0.15) is 5.75 Å². The van der Waals surface area contributed by atoms with Crippen LogP contribution in [0.25, 0.3) is 0 Å². The quantitative estimate of drug-likeness (QED) is 0.876. The van der Waals surface area contributed by atoms with Gasteiger partial charge in [-0.15, -0.1) is 0 Å². The number of halogens is 1. The highest BCUT2D eigenvalue weighted by molar-refractivity contribution is 6.31. The molecule has 2 aromatic carbocycles. The highest BCUT2D eigenvalue weighted by Gasteiger charge is 2.10. The predicted molar refractivity (Wildman–Crippen MR) is 79.6 cm³/mol. The lowest BCUT2D eigenvalue weighted by Gasteiger charge is -2.16. The second kappa shape index (κ2) is 6.09. The number of phenolic OH excluding ortho intramolecular Hbond substituents is 1. The predicted octanol–water partition coefficient (Wildman–Crippen LogP) is 4.20. The minimum Gasteiger partial charge on any atom is -0.507 e. The molecule has 0 aliphatic carbocycles. The summed E-state index contributed by atoms with van der Waals surface area (Å²) in [4.78, 5) is 0. The van der Waals surface area contributed by atoms with Crippen molar-refractivity contribution >= 4 is 11.6 Å². The van der Waals surface area contributed by atoms with Crippen molar-refractivity contribution in [3.63, 3.8) is 0 Å². The molecule has 0 fully saturated rings. The molecule has 0 aliphatic heterocycles. The maximum absolute atomic E-state index is 9.97. The molecule has 19 heavy (non-hydrogen) atoms. The van der Waals surface area contributed by atoms with E-state index in [9.17, 15) is 5.11 Å². The number of hydrogen-bond donors (Lipinski definition) is 2. The van der Waals surface area contributed by atoms with Crippen LogP contribution in [0.4, 0.5) is 0 Å². The van der Waals surface area contributed by atoms with E-state index < -0.39 is 0 Å². The van der Waals surface area contributed by atoms with E-state index in [1.54, 1.807) is 0 Å². The summed E-state index contributed by atoms with van der Waals surface area (Å²) >= 11 is 6.17. The van der Waals surface area contributed by atoms with Gasteiger partial charge in [0.15, 0.2) is 0 Å². The standard InChI is InChI=1S/C16H18ClNO/c1-11-6-5-7-13(16(11)19)10-18-12(2)14-8-3-4-9-15(14)17/h3-9,12,18-19H,10H2,1-2H3/t12-/m1/s1. The first-order valence-electron chi connectivity index (χ1n) is 6.35. The van der Waals surface area contributed by atoms with Crippen LogP contribution >= 0.6 is 11.6 Å². The van der Waals surface area contributed by atoms with E-state index in [0.717, 1.165) is 21.7 Å². The van der Waals surface area contributed by atoms with Gasteiger partial charge in [0.2, 0.25) is 0 Å². The van der Waals surface area contributed by atoms with Crippen molar-refractivity contribution in [2.75, 3.05) is 0 Å². The second-order valence-corrected chi connectivity index (χ2v) is 5.11. The smallest absolute Gasteiger partial charge is 0.122 e. The summed E-state index contributed by atoms with van der Waals surface area (Å²) in [6, 6.07) is 13.7. The molecule has 0 saturated heterocycles. The van der Waals surface area contributed by atoms with Crippen LogP contribution in [0.3, 0.4) is 0 Å². The first kappa shape index (κ1) is 13.9. The largest absolute Gasteiger partial charge is 0.507 e. The highest BCUT2D eigenvalue weighted by Crippen LogP contribution is 2.25. The molecule has 0 radical (unpaired) electrons. The zero-order chi connectivity index (χ0) is 13.8. The van der Waals surface area contributed by atoms with Gasteiger partial charge >= 0.3 is 0 Å². The second-order valence-electron chi connectivity index (χ2n) is 4.71. The number of nitrogens with one attached hydrogen (secondary N) is 1. The summed E-state index contributed by atoms with van der Waals surface area (Å²) in [7, 11) is 0. The number of benzene rings is 2. The zero-order valence-corrected chi connectivity index (χ0v) is 11.9. The van der Waals surface area contributed by atoms with Crippen molar-refractivity contribution in [1.29, 1.82) is 0 Å². The fourth-order valence-electron chi connectivity index (χ4n) is 2.06. The fraction of sp³-hybridized carbons (Fsp3) is 0.250. The minimum atomic E-state index is 0.133. The Bertz CT molecular complexity index is 568. The molecule has 0 amide bonds. The monoisotopic (exact) mass is 275 g/mol. The van der Waals surface area contributed by atoms with Crippen molar-refractivity contribution in [3.05, 3.63) is 64.2 Å². The van der Waals surface area contributed by atoms with Gasteiger partial charge in [-0.2, -0.15) is 0 Å². The molecule has 0 spiro atoms. The number of rotatable bonds is 4. The lowest BCUT2D eigenvalue weighted by molar-refractivity contribution is 0.456. The van der Waals surface area contributed by atoms with Crippen LogP contribution in [0.5, 0.6) is 5.75 Å². The lowest BCUT2D eigenvalue weighted by atomic mass is 10.1. The van der Waals surface area contributed by atoms with E-state index in [4.69, 9.17) is 11.6 Å². The summed E-state index contributed by atoms with van der Waals surface area (Å²) in [6.07, 6.45) is 0. The maximum atomic E-state index is 9.97. The number of para-hydroxylation sites is 1. The fourth-order valence-corrected chi connectivity index (χ4v) is 2.36. The molecule has 0 saturated carbocycles. The zero-order valence-electron chi connectivity index (χ0n) is 11.2. The Morgan fingerprint density at radius 2 is 1.89 bits per heavy atom. The molecular formula is C16H18ClNO. The molecule has 100 valence electrons. The Balaban J connectivity index is 2.07. The average molecular weight is 276 g/mol. The summed E-state index contributed by atoms with van der Waals surface area (Å²) in [5, 5.41) is 14.1. The summed E-state index contributed by atoms with van der Waals surface area (Å²) in [5.74, 6) is 0.362. The van der Waals surface area contributed by atoms with Crippen molar-refractivity contribution < 1.29 is 5.11 Å².